The minimum atomic E-state index is -0.123. The van der Waals surface area contributed by atoms with Gasteiger partial charge >= 0.3 is 5.97 Å². The van der Waals surface area contributed by atoms with Gasteiger partial charge in [-0.25, -0.2) is 0 Å². The highest BCUT2D eigenvalue weighted by Crippen LogP contribution is 2.31. The zero-order valence-electron chi connectivity index (χ0n) is 9.78. The molecule has 1 N–H and O–H groups in total. The summed E-state index contributed by atoms with van der Waals surface area (Å²) in [5.41, 5.74) is 1.05. The Morgan fingerprint density at radius 2 is 2.41 bits per heavy atom. The molecule has 0 amide bonds. The summed E-state index contributed by atoms with van der Waals surface area (Å²) in [6.45, 7) is 3.09. The molecular formula is C13H16ClNO2. The molecule has 0 aliphatic carbocycles. The highest BCUT2D eigenvalue weighted by atomic mass is 35.5. The van der Waals surface area contributed by atoms with Gasteiger partial charge in [0.25, 0.3) is 0 Å². The first kappa shape index (κ1) is 12.4. The van der Waals surface area contributed by atoms with E-state index in [-0.39, 0.29) is 17.9 Å². The van der Waals surface area contributed by atoms with Crippen LogP contribution in [0, 0.1) is 5.92 Å². The van der Waals surface area contributed by atoms with Gasteiger partial charge in [0.1, 0.15) is 0 Å². The van der Waals surface area contributed by atoms with Gasteiger partial charge < -0.3 is 10.1 Å². The Morgan fingerprint density at radius 3 is 3.12 bits per heavy atom. The van der Waals surface area contributed by atoms with Crippen molar-refractivity contribution in [2.24, 2.45) is 5.92 Å². The van der Waals surface area contributed by atoms with E-state index in [1.54, 1.807) is 0 Å². The first-order valence-corrected chi connectivity index (χ1v) is 6.25. The fourth-order valence-corrected chi connectivity index (χ4v) is 2.46. The van der Waals surface area contributed by atoms with Crippen molar-refractivity contribution in [2.45, 2.75) is 19.4 Å². The van der Waals surface area contributed by atoms with Gasteiger partial charge in [-0.3, -0.25) is 4.79 Å². The van der Waals surface area contributed by atoms with E-state index in [1.165, 1.54) is 0 Å². The zero-order valence-corrected chi connectivity index (χ0v) is 10.5. The highest BCUT2D eigenvalue weighted by Gasteiger charge is 2.34. The highest BCUT2D eigenvalue weighted by molar-refractivity contribution is 6.30. The number of hydrogen-bond acceptors (Lipinski definition) is 3. The smallest absolute Gasteiger partial charge is 0.310 e. The summed E-state index contributed by atoms with van der Waals surface area (Å²) in [5.74, 6) is -0.226. The van der Waals surface area contributed by atoms with Gasteiger partial charge in [-0.05, 0) is 37.6 Å². The second-order valence-electron chi connectivity index (χ2n) is 4.13. The number of carbonyl (C=O) groups excluding carboxylic acids is 1. The normalized spacial score (nSPS) is 23.6. The maximum atomic E-state index is 11.8. The minimum absolute atomic E-state index is 0.0211. The van der Waals surface area contributed by atoms with Crippen LogP contribution in [0.25, 0.3) is 0 Å². The molecule has 1 aliphatic rings. The Kier molecular flexibility index (Phi) is 4.02. The average Bonchev–Trinajstić information content (AvgIpc) is 2.78. The molecule has 0 saturated carbocycles. The maximum Gasteiger partial charge on any atom is 0.310 e. The van der Waals surface area contributed by atoms with Crippen LogP contribution in [-0.2, 0) is 9.53 Å². The molecule has 3 nitrogen and oxygen atoms in total. The molecule has 0 unspecified atom stereocenters. The molecule has 1 aromatic carbocycles. The molecular weight excluding hydrogens is 238 g/mol. The fraction of sp³-hybridized carbons (Fsp3) is 0.462. The number of hydrogen-bond donors (Lipinski definition) is 1. The van der Waals surface area contributed by atoms with Crippen molar-refractivity contribution < 1.29 is 9.53 Å². The van der Waals surface area contributed by atoms with Gasteiger partial charge in [-0.15, -0.1) is 0 Å². The second-order valence-corrected chi connectivity index (χ2v) is 4.57. The Hall–Kier alpha value is -1.06. The summed E-state index contributed by atoms with van der Waals surface area (Å²) in [4.78, 5) is 11.8. The van der Waals surface area contributed by atoms with E-state index in [0.29, 0.717) is 11.6 Å². The van der Waals surface area contributed by atoms with Crippen LogP contribution in [0.4, 0.5) is 0 Å². The van der Waals surface area contributed by atoms with Crippen molar-refractivity contribution in [1.82, 2.24) is 5.32 Å². The lowest BCUT2D eigenvalue weighted by molar-refractivity contribution is -0.148. The van der Waals surface area contributed by atoms with Crippen LogP contribution in [0.3, 0.4) is 0 Å². The minimum Gasteiger partial charge on any atom is -0.466 e. The number of carbonyl (C=O) groups is 1. The third-order valence-corrected chi connectivity index (χ3v) is 3.25. The van der Waals surface area contributed by atoms with Crippen LogP contribution in [0.15, 0.2) is 24.3 Å². The van der Waals surface area contributed by atoms with Crippen LogP contribution < -0.4 is 5.32 Å². The first-order chi connectivity index (χ1) is 8.22. The molecule has 4 heteroatoms. The lowest BCUT2D eigenvalue weighted by Gasteiger charge is -2.18. The van der Waals surface area contributed by atoms with Crippen LogP contribution in [0.1, 0.15) is 24.9 Å². The quantitative estimate of drug-likeness (QED) is 0.842. The summed E-state index contributed by atoms with van der Waals surface area (Å²) >= 11 is 5.97. The Balaban J connectivity index is 2.17. The monoisotopic (exact) mass is 253 g/mol. The Bertz CT molecular complexity index is 408. The third-order valence-electron chi connectivity index (χ3n) is 3.02. The molecule has 0 aromatic heterocycles. The molecule has 1 saturated heterocycles. The van der Waals surface area contributed by atoms with Gasteiger partial charge in [0.2, 0.25) is 0 Å². The predicted octanol–water partition coefficient (Wildman–Crippen LogP) is 2.55. The van der Waals surface area contributed by atoms with Crippen LogP contribution >= 0.6 is 11.6 Å². The summed E-state index contributed by atoms with van der Waals surface area (Å²) < 4.78 is 5.10. The van der Waals surface area contributed by atoms with Gasteiger partial charge in [0, 0.05) is 11.1 Å². The van der Waals surface area contributed by atoms with Crippen LogP contribution in [0.2, 0.25) is 5.02 Å². The number of benzene rings is 1. The van der Waals surface area contributed by atoms with Gasteiger partial charge in [0.05, 0.1) is 12.5 Å². The molecule has 17 heavy (non-hydrogen) atoms. The lowest BCUT2D eigenvalue weighted by Crippen LogP contribution is -2.25. The van der Waals surface area contributed by atoms with Gasteiger partial charge in [-0.2, -0.15) is 0 Å². The molecule has 2 rings (SSSR count). The molecule has 1 aromatic rings. The number of esters is 1. The molecule has 0 spiro atoms. The SMILES string of the molecule is CCOC(=O)[C@@H]1CCN[C@@H]1c1cccc(Cl)c1. The molecule has 0 bridgehead atoms. The van der Waals surface area contributed by atoms with Gasteiger partial charge in [-0.1, -0.05) is 23.7 Å². The largest absolute Gasteiger partial charge is 0.466 e. The van der Waals surface area contributed by atoms with Crippen molar-refractivity contribution in [2.75, 3.05) is 13.2 Å². The molecule has 2 atom stereocenters. The van der Waals surface area contributed by atoms with E-state index < -0.39 is 0 Å². The van der Waals surface area contributed by atoms with Gasteiger partial charge in [0.15, 0.2) is 0 Å². The third kappa shape index (κ3) is 2.79. The van der Waals surface area contributed by atoms with E-state index in [0.717, 1.165) is 18.5 Å². The number of ether oxygens (including phenoxy) is 1. The predicted molar refractivity (Wildman–Crippen MR) is 66.9 cm³/mol. The summed E-state index contributed by atoms with van der Waals surface area (Å²) in [7, 11) is 0. The second kappa shape index (κ2) is 5.52. The van der Waals surface area contributed by atoms with E-state index in [2.05, 4.69) is 5.32 Å². The van der Waals surface area contributed by atoms with Crippen molar-refractivity contribution in [1.29, 1.82) is 0 Å². The fourth-order valence-electron chi connectivity index (χ4n) is 2.26. The molecule has 1 aliphatic heterocycles. The van der Waals surface area contributed by atoms with Crippen molar-refractivity contribution in [3.05, 3.63) is 34.9 Å². The first-order valence-electron chi connectivity index (χ1n) is 5.88. The van der Waals surface area contributed by atoms with Crippen molar-refractivity contribution >= 4 is 17.6 Å². The number of nitrogens with one attached hydrogen (secondary N) is 1. The average molecular weight is 254 g/mol. The number of rotatable bonds is 3. The van der Waals surface area contributed by atoms with Crippen LogP contribution in [-0.4, -0.2) is 19.1 Å². The summed E-state index contributed by atoms with van der Waals surface area (Å²) in [6, 6.07) is 7.64. The van der Waals surface area contributed by atoms with E-state index in [9.17, 15) is 4.79 Å². The topological polar surface area (TPSA) is 38.3 Å². The van der Waals surface area contributed by atoms with E-state index in [4.69, 9.17) is 16.3 Å². The molecule has 1 fully saturated rings. The molecule has 92 valence electrons. The molecule has 1 heterocycles. The van der Waals surface area contributed by atoms with Crippen molar-refractivity contribution in [3.8, 4) is 0 Å². The lowest BCUT2D eigenvalue weighted by atomic mass is 9.94. The van der Waals surface area contributed by atoms with Crippen LogP contribution in [0.5, 0.6) is 0 Å². The zero-order chi connectivity index (χ0) is 12.3. The van der Waals surface area contributed by atoms with E-state index >= 15 is 0 Å². The summed E-state index contributed by atoms with van der Waals surface area (Å²) in [5, 5.41) is 4.02. The Labute approximate surface area is 106 Å². The Morgan fingerprint density at radius 1 is 1.59 bits per heavy atom. The molecule has 0 radical (unpaired) electrons. The standard InChI is InChI=1S/C13H16ClNO2/c1-2-17-13(16)11-6-7-15-12(11)9-4-3-5-10(14)8-9/h3-5,8,11-12,15H,2,6-7H2,1H3/t11-,12-/m1/s1. The summed E-state index contributed by atoms with van der Waals surface area (Å²) in [6.07, 6.45) is 0.815. The van der Waals surface area contributed by atoms with Crippen molar-refractivity contribution in [3.63, 3.8) is 0 Å². The maximum absolute atomic E-state index is 11.8. The number of halogens is 1. The van der Waals surface area contributed by atoms with E-state index in [1.807, 2.05) is 31.2 Å².